The fourth-order valence-electron chi connectivity index (χ4n) is 0.729. The average Bonchev–Trinajstić information content (AvgIpc) is 1.64. The van der Waals surface area contributed by atoms with Crippen molar-refractivity contribution in [2.45, 2.75) is 19.3 Å². The molecule has 0 unspecified atom stereocenters. The van der Waals surface area contributed by atoms with Crippen molar-refractivity contribution >= 4 is 0 Å². The molecule has 4 N–H and O–H groups in total. The normalized spacial score (nSPS) is 17.8. The van der Waals surface area contributed by atoms with Gasteiger partial charge in [0.2, 0.25) is 0 Å². The molecular formula is C6H15N2Pt. The first-order valence-corrected chi connectivity index (χ1v) is 4.87. The van der Waals surface area contributed by atoms with Crippen molar-refractivity contribution in [1.29, 1.82) is 0 Å². The summed E-state index contributed by atoms with van der Waals surface area (Å²) in [5, 5.41) is 0. The molecule has 0 aromatic rings. The van der Waals surface area contributed by atoms with Gasteiger partial charge in [-0.25, -0.2) is 0 Å². The van der Waals surface area contributed by atoms with Gasteiger partial charge in [0.1, 0.15) is 0 Å². The zero-order valence-electron chi connectivity index (χ0n) is 5.58. The molecule has 0 heterocycles. The first-order chi connectivity index (χ1) is 4.35. The van der Waals surface area contributed by atoms with Gasteiger partial charge in [-0.15, -0.1) is 0 Å². The van der Waals surface area contributed by atoms with Crippen molar-refractivity contribution in [2.75, 3.05) is 11.5 Å². The summed E-state index contributed by atoms with van der Waals surface area (Å²) >= 11 is 2.05. The molecule has 1 fully saturated rings. The number of rotatable bonds is 1. The van der Waals surface area contributed by atoms with Crippen LogP contribution in [0.5, 0.6) is 0 Å². The number of hydrogen-bond acceptors (Lipinski definition) is 2. The molecule has 1 rings (SSSR count). The third-order valence-electron chi connectivity index (χ3n) is 1.56. The van der Waals surface area contributed by atoms with Gasteiger partial charge in [-0.05, 0) is 25.3 Å². The molecule has 0 radical (unpaired) electrons. The maximum atomic E-state index is 5.33. The molecule has 9 heavy (non-hydrogen) atoms. The van der Waals surface area contributed by atoms with Gasteiger partial charge in [-0.3, -0.25) is 0 Å². The van der Waals surface area contributed by atoms with Crippen molar-refractivity contribution < 1.29 is 19.8 Å². The summed E-state index contributed by atoms with van der Waals surface area (Å²) in [4.78, 5) is 0.722. The van der Waals surface area contributed by atoms with Crippen LogP contribution in [0, 0.1) is 5.92 Å². The van der Waals surface area contributed by atoms with Gasteiger partial charge in [0.25, 0.3) is 0 Å². The molecule has 1 saturated carbocycles. The molecule has 2 nitrogen and oxygen atoms in total. The Balaban J connectivity index is 0.000000187. The van der Waals surface area contributed by atoms with E-state index in [2.05, 4.69) is 19.8 Å². The molecule has 0 spiro atoms. The minimum atomic E-state index is 0.722. The Kier molecular flexibility index (Phi) is 7.18. The Labute approximate surface area is 68.3 Å². The Morgan fingerprint density at radius 1 is 1.33 bits per heavy atom. The number of hydrogen-bond donors (Lipinski definition) is 2. The van der Waals surface area contributed by atoms with E-state index < -0.39 is 0 Å². The van der Waals surface area contributed by atoms with E-state index in [9.17, 15) is 0 Å². The van der Waals surface area contributed by atoms with E-state index in [0.29, 0.717) is 0 Å². The van der Waals surface area contributed by atoms with Crippen LogP contribution in [0.3, 0.4) is 0 Å². The first kappa shape index (κ1) is 9.61. The summed E-state index contributed by atoms with van der Waals surface area (Å²) in [7, 11) is 0. The van der Waals surface area contributed by atoms with Gasteiger partial charge < -0.3 is 5.73 Å². The Bertz CT molecular complexity index is 52.3. The minimum absolute atomic E-state index is 0.722. The molecule has 0 saturated heterocycles. The van der Waals surface area contributed by atoms with Crippen LogP contribution < -0.4 is 11.5 Å². The summed E-state index contributed by atoms with van der Waals surface area (Å²) < 4.78 is 0. The second kappa shape index (κ2) is 6.72. The van der Waals surface area contributed by atoms with Crippen molar-refractivity contribution in [3.63, 3.8) is 0 Å². The zero-order valence-corrected chi connectivity index (χ0v) is 7.86. The zero-order chi connectivity index (χ0) is 7.11. The van der Waals surface area contributed by atoms with Crippen LogP contribution in [0.1, 0.15) is 19.3 Å². The van der Waals surface area contributed by atoms with E-state index in [1.165, 1.54) is 19.3 Å². The predicted octanol–water partition coefficient (Wildman–Crippen LogP) is 0.195. The van der Waals surface area contributed by atoms with E-state index in [-0.39, 0.29) is 0 Å². The molecular weight excluding hydrogens is 295 g/mol. The van der Waals surface area contributed by atoms with Crippen molar-refractivity contribution in [1.82, 2.24) is 0 Å². The monoisotopic (exact) mass is 310 g/mol. The fourth-order valence-corrected chi connectivity index (χ4v) is 0.729. The van der Waals surface area contributed by atoms with Crippen LogP contribution in [0.2, 0.25) is 0 Å². The molecule has 0 atom stereocenters. The second-order valence-electron chi connectivity index (χ2n) is 2.16. The maximum absolute atomic E-state index is 5.33. The molecule has 0 amide bonds. The van der Waals surface area contributed by atoms with E-state index in [1.54, 1.807) is 0 Å². The van der Waals surface area contributed by atoms with Crippen LogP contribution in [0.25, 0.3) is 0 Å². The standard InChI is InChI=1S/C5H11N.CH4N.Pt/c6-4-5-2-1-3-5;1-2;/h5H,1-4,6H2;1-2H2;. The fraction of sp³-hybridized carbons (Fsp3) is 1.00. The topological polar surface area (TPSA) is 52.0 Å². The van der Waals surface area contributed by atoms with Crippen LogP contribution >= 0.6 is 0 Å². The quantitative estimate of drug-likeness (QED) is 0.727. The molecule has 1 aliphatic carbocycles. The first-order valence-electron chi connectivity index (χ1n) is 3.26. The molecule has 0 aliphatic heterocycles. The summed E-state index contributed by atoms with van der Waals surface area (Å²) in [5.41, 5.74) is 10.2. The van der Waals surface area contributed by atoms with E-state index >= 15 is 0 Å². The summed E-state index contributed by atoms with van der Waals surface area (Å²) in [6, 6.07) is 0. The van der Waals surface area contributed by atoms with Gasteiger partial charge in [0, 0.05) is 0 Å². The molecule has 0 aromatic carbocycles. The SMILES string of the molecule is NCC1CCC1.N[CH2][Pt]. The molecule has 59 valence electrons. The van der Waals surface area contributed by atoms with Gasteiger partial charge in [-0.2, -0.15) is 0 Å². The third kappa shape index (κ3) is 5.07. The van der Waals surface area contributed by atoms with Crippen molar-refractivity contribution in [3.05, 3.63) is 0 Å². The van der Waals surface area contributed by atoms with Gasteiger partial charge in [0.05, 0.1) is 0 Å². The van der Waals surface area contributed by atoms with Crippen molar-refractivity contribution in [3.8, 4) is 0 Å². The summed E-state index contributed by atoms with van der Waals surface area (Å²) in [6.45, 7) is 0.917. The summed E-state index contributed by atoms with van der Waals surface area (Å²) in [6.07, 6.45) is 4.19. The van der Waals surface area contributed by atoms with Gasteiger partial charge in [0.15, 0.2) is 0 Å². The average molecular weight is 310 g/mol. The Morgan fingerprint density at radius 2 is 1.78 bits per heavy atom. The van der Waals surface area contributed by atoms with Crippen LogP contribution in [0.15, 0.2) is 0 Å². The molecule has 0 aromatic heterocycles. The Morgan fingerprint density at radius 3 is 1.78 bits per heavy atom. The predicted molar refractivity (Wildman–Crippen MR) is 35.4 cm³/mol. The third-order valence-corrected chi connectivity index (χ3v) is 1.56. The molecule has 1 aliphatic rings. The number of nitrogens with two attached hydrogens (primary N) is 2. The van der Waals surface area contributed by atoms with E-state index in [1.807, 2.05) is 0 Å². The van der Waals surface area contributed by atoms with Gasteiger partial charge in [-0.1, -0.05) is 6.42 Å². The van der Waals surface area contributed by atoms with Crippen LogP contribution in [-0.2, 0) is 19.8 Å². The summed E-state index contributed by atoms with van der Waals surface area (Å²) in [5.74, 6) is 0.894. The van der Waals surface area contributed by atoms with Crippen molar-refractivity contribution in [2.24, 2.45) is 17.4 Å². The van der Waals surface area contributed by atoms with Crippen LogP contribution in [-0.4, -0.2) is 11.5 Å². The Hall–Kier alpha value is 0.608. The van der Waals surface area contributed by atoms with E-state index in [4.69, 9.17) is 11.5 Å². The van der Waals surface area contributed by atoms with Crippen LogP contribution in [0.4, 0.5) is 0 Å². The molecule has 3 heteroatoms. The van der Waals surface area contributed by atoms with Gasteiger partial charge >= 0.3 is 30.5 Å². The van der Waals surface area contributed by atoms with E-state index in [0.717, 1.165) is 17.4 Å². The second-order valence-corrected chi connectivity index (χ2v) is 3.09. The molecule has 0 bridgehead atoms.